The third kappa shape index (κ3) is 3.64. The minimum absolute atomic E-state index is 0.319. The van der Waals surface area contributed by atoms with Crippen LogP contribution >= 0.6 is 0 Å². The minimum atomic E-state index is -0.848. The number of aliphatic carboxylic acids is 1. The van der Waals surface area contributed by atoms with E-state index >= 15 is 0 Å². The molecule has 3 rings (SSSR count). The number of carboxylic acid groups (broad SMARTS) is 1. The maximum atomic E-state index is 12.5. The van der Waals surface area contributed by atoms with Crippen LogP contribution in [0.3, 0.4) is 0 Å². The number of benzene rings is 1. The molecule has 0 aromatic heterocycles. The Kier molecular flexibility index (Phi) is 5.26. The summed E-state index contributed by atoms with van der Waals surface area (Å²) in [6.45, 7) is 4.20. The molecule has 2 aliphatic heterocycles. The van der Waals surface area contributed by atoms with Gasteiger partial charge in [-0.2, -0.15) is 0 Å². The molecule has 1 unspecified atom stereocenters. The fourth-order valence-electron chi connectivity index (χ4n) is 3.39. The number of anilines is 2. The van der Waals surface area contributed by atoms with Crippen LogP contribution in [0, 0.1) is 5.41 Å². The maximum absolute atomic E-state index is 12.5. The van der Waals surface area contributed by atoms with Crippen molar-refractivity contribution < 1.29 is 24.3 Å². The molecule has 2 aliphatic rings. The lowest BCUT2D eigenvalue weighted by molar-refractivity contribution is -0.150. The molecule has 2 saturated heterocycles. The first-order chi connectivity index (χ1) is 13.2. The number of likely N-dealkylation sites (tertiary alicyclic amines) is 1. The summed E-state index contributed by atoms with van der Waals surface area (Å²) in [5.74, 6) is -1.17. The Balaban J connectivity index is 1.67. The number of hydrogen-bond donors (Lipinski definition) is 3. The van der Waals surface area contributed by atoms with Gasteiger partial charge in [0.05, 0.1) is 11.1 Å². The highest BCUT2D eigenvalue weighted by molar-refractivity contribution is 6.21. The number of amides is 5. The fraction of sp³-hybridized carbons (Fsp3) is 0.474. The molecule has 1 atom stereocenters. The quantitative estimate of drug-likeness (QED) is 0.684. The van der Waals surface area contributed by atoms with Crippen LogP contribution in [-0.4, -0.2) is 53.1 Å². The van der Waals surface area contributed by atoms with Gasteiger partial charge in [-0.1, -0.05) is 13.0 Å². The van der Waals surface area contributed by atoms with E-state index in [4.69, 9.17) is 0 Å². The van der Waals surface area contributed by atoms with E-state index in [1.807, 2.05) is 6.92 Å². The van der Waals surface area contributed by atoms with Gasteiger partial charge >= 0.3 is 18.0 Å². The molecule has 2 heterocycles. The Morgan fingerprint density at radius 3 is 2.54 bits per heavy atom. The smallest absolute Gasteiger partial charge is 0.329 e. The van der Waals surface area contributed by atoms with Crippen LogP contribution in [0.4, 0.5) is 21.0 Å². The summed E-state index contributed by atoms with van der Waals surface area (Å²) < 4.78 is 0. The monoisotopic (exact) mass is 388 g/mol. The Hall–Kier alpha value is -3.10. The Labute approximate surface area is 162 Å². The second-order valence-electron chi connectivity index (χ2n) is 7.42. The van der Waals surface area contributed by atoms with Crippen LogP contribution in [-0.2, 0) is 9.59 Å². The number of imide groups is 1. The van der Waals surface area contributed by atoms with Gasteiger partial charge in [-0.25, -0.2) is 14.5 Å². The number of nitrogens with zero attached hydrogens (tertiary/aromatic N) is 2. The van der Waals surface area contributed by atoms with Crippen LogP contribution in [0.15, 0.2) is 24.3 Å². The number of carboxylic acids is 1. The summed E-state index contributed by atoms with van der Waals surface area (Å²) in [6, 6.07) is 5.16. The SMILES string of the molecule is CCC1NC(=O)N(c2cccc(NC(=O)N3CCC(C)(C(=O)O)CC3)c2)C1=O. The van der Waals surface area contributed by atoms with Crippen LogP contribution in [0.25, 0.3) is 0 Å². The molecular weight excluding hydrogens is 364 g/mol. The minimum Gasteiger partial charge on any atom is -0.481 e. The number of carbonyl (C=O) groups excluding carboxylic acids is 3. The van der Waals surface area contributed by atoms with Crippen molar-refractivity contribution in [1.82, 2.24) is 10.2 Å². The number of rotatable bonds is 4. The molecule has 1 aromatic carbocycles. The summed E-state index contributed by atoms with van der Waals surface area (Å²) in [7, 11) is 0. The third-order valence-corrected chi connectivity index (χ3v) is 5.45. The first-order valence-electron chi connectivity index (χ1n) is 9.29. The number of urea groups is 2. The van der Waals surface area contributed by atoms with E-state index in [1.165, 1.54) is 0 Å². The highest BCUT2D eigenvalue weighted by atomic mass is 16.4. The molecule has 150 valence electrons. The van der Waals surface area contributed by atoms with Crippen molar-refractivity contribution in [2.75, 3.05) is 23.3 Å². The second kappa shape index (κ2) is 7.49. The van der Waals surface area contributed by atoms with Crippen LogP contribution in [0.1, 0.15) is 33.1 Å². The van der Waals surface area contributed by atoms with E-state index < -0.39 is 23.5 Å². The zero-order valence-corrected chi connectivity index (χ0v) is 15.9. The number of carbonyl (C=O) groups is 4. The van der Waals surface area contributed by atoms with E-state index in [9.17, 15) is 24.3 Å². The highest BCUT2D eigenvalue weighted by Crippen LogP contribution is 2.31. The number of nitrogens with one attached hydrogen (secondary N) is 2. The summed E-state index contributed by atoms with van der Waals surface area (Å²) in [6.07, 6.45) is 1.27. The van der Waals surface area contributed by atoms with Crippen LogP contribution < -0.4 is 15.5 Å². The molecule has 1 aromatic rings. The zero-order valence-electron chi connectivity index (χ0n) is 15.9. The predicted octanol–water partition coefficient (Wildman–Crippen LogP) is 2.24. The van der Waals surface area contributed by atoms with Gasteiger partial charge < -0.3 is 20.6 Å². The summed E-state index contributed by atoms with van der Waals surface area (Å²) in [5.41, 5.74) is 0.0265. The van der Waals surface area contributed by atoms with Crippen LogP contribution in [0.2, 0.25) is 0 Å². The zero-order chi connectivity index (χ0) is 20.5. The molecule has 0 radical (unpaired) electrons. The lowest BCUT2D eigenvalue weighted by Gasteiger charge is -2.36. The van der Waals surface area contributed by atoms with Crippen molar-refractivity contribution >= 4 is 35.3 Å². The van der Waals surface area contributed by atoms with Crippen molar-refractivity contribution in [2.45, 2.75) is 39.2 Å². The average molecular weight is 388 g/mol. The van der Waals surface area contributed by atoms with Gasteiger partial charge in [0.2, 0.25) is 0 Å². The summed E-state index contributed by atoms with van der Waals surface area (Å²) in [5, 5.41) is 14.7. The largest absolute Gasteiger partial charge is 0.481 e. The van der Waals surface area contributed by atoms with Gasteiger partial charge in [-0.3, -0.25) is 9.59 Å². The first-order valence-corrected chi connectivity index (χ1v) is 9.29. The van der Waals surface area contributed by atoms with Gasteiger partial charge in [-0.05, 0) is 44.4 Å². The van der Waals surface area contributed by atoms with Crippen molar-refractivity contribution in [3.05, 3.63) is 24.3 Å². The second-order valence-corrected chi connectivity index (χ2v) is 7.42. The Morgan fingerprint density at radius 1 is 1.29 bits per heavy atom. The predicted molar refractivity (Wildman–Crippen MR) is 102 cm³/mol. The van der Waals surface area contributed by atoms with Gasteiger partial charge in [0.1, 0.15) is 6.04 Å². The van der Waals surface area contributed by atoms with E-state index in [-0.39, 0.29) is 11.9 Å². The van der Waals surface area contributed by atoms with Crippen molar-refractivity contribution in [1.29, 1.82) is 0 Å². The topological polar surface area (TPSA) is 119 Å². The number of piperidine rings is 1. The van der Waals surface area contributed by atoms with Crippen LogP contribution in [0.5, 0.6) is 0 Å². The normalized spacial score (nSPS) is 21.4. The molecule has 0 bridgehead atoms. The lowest BCUT2D eigenvalue weighted by Crippen LogP contribution is -2.46. The summed E-state index contributed by atoms with van der Waals surface area (Å²) >= 11 is 0. The van der Waals surface area contributed by atoms with Crippen molar-refractivity contribution in [3.8, 4) is 0 Å². The Bertz CT molecular complexity index is 816. The maximum Gasteiger partial charge on any atom is 0.329 e. The standard InChI is InChI=1S/C19H24N4O5/c1-3-14-15(24)23(18(28)21-14)13-6-4-5-12(11-13)20-17(27)22-9-7-19(2,8-10-22)16(25)26/h4-6,11,14H,3,7-10H2,1-2H3,(H,20,27)(H,21,28)(H,25,26). The molecule has 0 aliphatic carbocycles. The number of hydrogen-bond acceptors (Lipinski definition) is 4. The molecule has 0 saturated carbocycles. The van der Waals surface area contributed by atoms with Gasteiger partial charge in [0.25, 0.3) is 5.91 Å². The molecule has 9 heteroatoms. The van der Waals surface area contributed by atoms with E-state index in [0.717, 1.165) is 4.90 Å². The molecule has 9 nitrogen and oxygen atoms in total. The van der Waals surface area contributed by atoms with Crippen molar-refractivity contribution in [3.63, 3.8) is 0 Å². The van der Waals surface area contributed by atoms with Gasteiger partial charge in [0, 0.05) is 18.8 Å². The van der Waals surface area contributed by atoms with E-state index in [1.54, 1.807) is 36.1 Å². The van der Waals surface area contributed by atoms with E-state index in [0.29, 0.717) is 43.7 Å². The average Bonchev–Trinajstić information content (AvgIpc) is 2.95. The molecule has 3 N–H and O–H groups in total. The highest BCUT2D eigenvalue weighted by Gasteiger charge is 2.39. The molecule has 0 spiro atoms. The molecule has 2 fully saturated rings. The van der Waals surface area contributed by atoms with Crippen molar-refractivity contribution in [2.24, 2.45) is 5.41 Å². The third-order valence-electron chi connectivity index (χ3n) is 5.45. The Morgan fingerprint density at radius 2 is 1.96 bits per heavy atom. The lowest BCUT2D eigenvalue weighted by atomic mass is 9.80. The molecule has 5 amide bonds. The fourth-order valence-corrected chi connectivity index (χ4v) is 3.39. The summed E-state index contributed by atoms with van der Waals surface area (Å²) in [4.78, 5) is 50.9. The molecular formula is C19H24N4O5. The van der Waals surface area contributed by atoms with Gasteiger partial charge in [0.15, 0.2) is 0 Å². The first kappa shape index (κ1) is 19.7. The van der Waals surface area contributed by atoms with E-state index in [2.05, 4.69) is 10.6 Å². The molecule has 28 heavy (non-hydrogen) atoms. The van der Waals surface area contributed by atoms with Gasteiger partial charge in [-0.15, -0.1) is 0 Å².